The first-order chi connectivity index (χ1) is 10.9. The Morgan fingerprint density at radius 2 is 2.04 bits per heavy atom. The molecule has 1 fully saturated rings. The van der Waals surface area contributed by atoms with Crippen molar-refractivity contribution in [3.8, 4) is 5.75 Å². The molecular weight excluding hydrogens is 296 g/mol. The van der Waals surface area contributed by atoms with E-state index in [1.165, 1.54) is 12.3 Å². The van der Waals surface area contributed by atoms with Crippen molar-refractivity contribution in [2.24, 2.45) is 11.7 Å². The molecule has 1 aromatic heterocycles. The molecule has 0 saturated carbocycles. The Balaban J connectivity index is 1.88. The minimum Gasteiger partial charge on any atom is -0.505 e. The molecule has 2 rings (SSSR count). The van der Waals surface area contributed by atoms with E-state index in [1.54, 1.807) is 17.9 Å². The van der Waals surface area contributed by atoms with Crippen LogP contribution >= 0.6 is 0 Å². The maximum absolute atomic E-state index is 12.2. The molecule has 7 nitrogen and oxygen atoms in total. The molecule has 2 amide bonds. The molecule has 2 heterocycles. The summed E-state index contributed by atoms with van der Waals surface area (Å²) in [6.07, 6.45) is 3.10. The van der Waals surface area contributed by atoms with Gasteiger partial charge in [-0.05, 0) is 44.7 Å². The van der Waals surface area contributed by atoms with Gasteiger partial charge in [0, 0.05) is 25.3 Å². The summed E-state index contributed by atoms with van der Waals surface area (Å²) in [5.74, 6) is -0.264. The molecule has 0 bridgehead atoms. The maximum Gasteiger partial charge on any atom is 0.273 e. The third-order valence-corrected chi connectivity index (χ3v) is 4.31. The van der Waals surface area contributed by atoms with Gasteiger partial charge in [0.05, 0.1) is 6.04 Å². The molecule has 2 atom stereocenters. The van der Waals surface area contributed by atoms with Crippen molar-refractivity contribution >= 4 is 11.8 Å². The van der Waals surface area contributed by atoms with Crippen LogP contribution in [0.3, 0.4) is 0 Å². The molecule has 1 aromatic rings. The third kappa shape index (κ3) is 4.19. The van der Waals surface area contributed by atoms with Gasteiger partial charge in [0.15, 0.2) is 5.69 Å². The van der Waals surface area contributed by atoms with Gasteiger partial charge in [0.1, 0.15) is 5.75 Å². The number of rotatable bonds is 4. The number of likely N-dealkylation sites (tertiary alicyclic amines) is 1. The first kappa shape index (κ1) is 17.2. The van der Waals surface area contributed by atoms with Crippen LogP contribution in [0.5, 0.6) is 5.75 Å². The van der Waals surface area contributed by atoms with Gasteiger partial charge in [-0.15, -0.1) is 0 Å². The number of carbonyl (C=O) groups excluding carboxylic acids is 2. The highest BCUT2D eigenvalue weighted by molar-refractivity contribution is 5.94. The topological polar surface area (TPSA) is 109 Å². The molecule has 1 aliphatic heterocycles. The molecule has 23 heavy (non-hydrogen) atoms. The van der Waals surface area contributed by atoms with Gasteiger partial charge in [-0.2, -0.15) is 0 Å². The van der Waals surface area contributed by atoms with Gasteiger partial charge < -0.3 is 21.1 Å². The number of pyridine rings is 1. The summed E-state index contributed by atoms with van der Waals surface area (Å²) in [6.45, 7) is 4.93. The summed E-state index contributed by atoms with van der Waals surface area (Å²) >= 11 is 0. The van der Waals surface area contributed by atoms with Crippen LogP contribution < -0.4 is 11.1 Å². The Hall–Kier alpha value is -2.15. The molecule has 7 heteroatoms. The number of aromatic hydroxyl groups is 1. The van der Waals surface area contributed by atoms with E-state index >= 15 is 0 Å². The molecule has 0 aromatic carbocycles. The average Bonchev–Trinajstić information content (AvgIpc) is 2.54. The summed E-state index contributed by atoms with van der Waals surface area (Å²) in [5, 5.41) is 12.6. The predicted octanol–water partition coefficient (Wildman–Crippen LogP) is 0.491. The number of carbonyl (C=O) groups is 2. The second-order valence-electron chi connectivity index (χ2n) is 6.08. The Bertz CT molecular complexity index is 568. The number of hydrogen-bond acceptors (Lipinski definition) is 5. The van der Waals surface area contributed by atoms with Crippen LogP contribution in [0.4, 0.5) is 0 Å². The van der Waals surface area contributed by atoms with Crippen LogP contribution in [0, 0.1) is 5.92 Å². The average molecular weight is 320 g/mol. The summed E-state index contributed by atoms with van der Waals surface area (Å²) in [5.41, 5.74) is 5.66. The van der Waals surface area contributed by atoms with Crippen LogP contribution in [0.2, 0.25) is 0 Å². The number of nitrogens with two attached hydrogens (primary N) is 1. The van der Waals surface area contributed by atoms with Gasteiger partial charge in [0.25, 0.3) is 5.91 Å². The molecule has 4 N–H and O–H groups in total. The van der Waals surface area contributed by atoms with Crippen molar-refractivity contribution in [1.82, 2.24) is 15.2 Å². The normalized spacial score (nSPS) is 18.3. The molecule has 0 radical (unpaired) electrons. The van der Waals surface area contributed by atoms with E-state index in [9.17, 15) is 14.7 Å². The first-order valence-electron chi connectivity index (χ1n) is 7.89. The lowest BCUT2D eigenvalue weighted by Crippen LogP contribution is -2.49. The summed E-state index contributed by atoms with van der Waals surface area (Å²) < 4.78 is 0. The lowest BCUT2D eigenvalue weighted by Gasteiger charge is -2.35. The van der Waals surface area contributed by atoms with Crippen molar-refractivity contribution < 1.29 is 14.7 Å². The van der Waals surface area contributed by atoms with E-state index in [2.05, 4.69) is 10.3 Å². The predicted molar refractivity (Wildman–Crippen MR) is 85.8 cm³/mol. The van der Waals surface area contributed by atoms with Crippen LogP contribution in [0.1, 0.15) is 37.2 Å². The Labute approximate surface area is 135 Å². The van der Waals surface area contributed by atoms with E-state index in [1.807, 2.05) is 6.92 Å². The number of nitrogens with one attached hydrogen (secondary N) is 1. The Morgan fingerprint density at radius 3 is 2.61 bits per heavy atom. The first-order valence-corrected chi connectivity index (χ1v) is 7.89. The zero-order valence-electron chi connectivity index (χ0n) is 13.5. The minimum atomic E-state index is -0.476. The highest BCUT2D eigenvalue weighted by Crippen LogP contribution is 2.22. The molecule has 126 valence electrons. The second-order valence-corrected chi connectivity index (χ2v) is 6.08. The van der Waals surface area contributed by atoms with E-state index in [0.717, 1.165) is 12.8 Å². The van der Waals surface area contributed by atoms with Crippen LogP contribution in [0.25, 0.3) is 0 Å². The number of nitrogens with zero attached hydrogens (tertiary/aromatic N) is 2. The van der Waals surface area contributed by atoms with Crippen molar-refractivity contribution in [3.63, 3.8) is 0 Å². The van der Waals surface area contributed by atoms with E-state index < -0.39 is 6.04 Å². The Morgan fingerprint density at radius 1 is 1.39 bits per heavy atom. The molecule has 0 spiro atoms. The van der Waals surface area contributed by atoms with E-state index in [-0.39, 0.29) is 35.2 Å². The molecule has 0 aliphatic carbocycles. The largest absolute Gasteiger partial charge is 0.505 e. The monoisotopic (exact) mass is 320 g/mol. The standard InChI is InChI=1S/C16H24N4O3/c1-10(17)16(23)20-8-5-12(6-9-20)11(2)19-15(22)14-13(21)4-3-7-18-14/h3-4,7,10-12,21H,5-6,8-9,17H2,1-2H3,(H,19,22)/t10-,11?/m0/s1. The minimum absolute atomic E-state index is 0.0291. The zero-order chi connectivity index (χ0) is 17.0. The fourth-order valence-electron chi connectivity index (χ4n) is 2.87. The van der Waals surface area contributed by atoms with Crippen molar-refractivity contribution in [1.29, 1.82) is 0 Å². The SMILES string of the molecule is CC(NC(=O)c1ncccc1O)C1CCN(C(=O)[C@H](C)N)CC1. The van der Waals surface area contributed by atoms with Gasteiger partial charge in [-0.3, -0.25) is 9.59 Å². The number of aromatic nitrogens is 1. The lowest BCUT2D eigenvalue weighted by molar-refractivity contribution is -0.133. The summed E-state index contributed by atoms with van der Waals surface area (Å²) in [7, 11) is 0. The number of hydrogen-bond donors (Lipinski definition) is 3. The number of amides is 2. The van der Waals surface area contributed by atoms with E-state index in [4.69, 9.17) is 5.73 Å². The quantitative estimate of drug-likeness (QED) is 0.748. The third-order valence-electron chi connectivity index (χ3n) is 4.31. The van der Waals surface area contributed by atoms with E-state index in [0.29, 0.717) is 13.1 Å². The summed E-state index contributed by atoms with van der Waals surface area (Å²) in [6, 6.07) is 2.47. The smallest absolute Gasteiger partial charge is 0.273 e. The highest BCUT2D eigenvalue weighted by Gasteiger charge is 2.28. The molecular formula is C16H24N4O3. The van der Waals surface area contributed by atoms with Crippen molar-refractivity contribution in [3.05, 3.63) is 24.0 Å². The van der Waals surface area contributed by atoms with Crippen LogP contribution in [-0.4, -0.2) is 52.0 Å². The van der Waals surface area contributed by atoms with Gasteiger partial charge in [0.2, 0.25) is 5.91 Å². The van der Waals surface area contributed by atoms with Gasteiger partial charge in [-0.1, -0.05) is 0 Å². The lowest BCUT2D eigenvalue weighted by atomic mass is 9.90. The van der Waals surface area contributed by atoms with Gasteiger partial charge in [-0.25, -0.2) is 4.98 Å². The molecule has 1 unspecified atom stereocenters. The van der Waals surface area contributed by atoms with Crippen molar-refractivity contribution in [2.75, 3.05) is 13.1 Å². The summed E-state index contributed by atoms with van der Waals surface area (Å²) in [4.78, 5) is 29.7. The molecule has 1 saturated heterocycles. The number of piperidine rings is 1. The molecule has 1 aliphatic rings. The van der Waals surface area contributed by atoms with Crippen molar-refractivity contribution in [2.45, 2.75) is 38.8 Å². The fraction of sp³-hybridized carbons (Fsp3) is 0.562. The van der Waals surface area contributed by atoms with Gasteiger partial charge >= 0.3 is 0 Å². The zero-order valence-corrected chi connectivity index (χ0v) is 13.5. The fourth-order valence-corrected chi connectivity index (χ4v) is 2.87. The highest BCUT2D eigenvalue weighted by atomic mass is 16.3. The van der Waals surface area contributed by atoms with Crippen LogP contribution in [0.15, 0.2) is 18.3 Å². The Kier molecular flexibility index (Phi) is 5.54. The maximum atomic E-state index is 12.2. The van der Waals surface area contributed by atoms with Crippen LogP contribution in [-0.2, 0) is 4.79 Å². The second kappa shape index (κ2) is 7.41.